The number of ether oxygens (including phenoxy) is 1. The lowest BCUT2D eigenvalue weighted by Gasteiger charge is -2.24. The van der Waals surface area contributed by atoms with Crippen molar-refractivity contribution in [2.45, 2.75) is 25.8 Å². The van der Waals surface area contributed by atoms with E-state index in [1.54, 1.807) is 6.08 Å². The molecule has 0 spiro atoms. The van der Waals surface area contributed by atoms with Gasteiger partial charge in [0, 0.05) is 13.2 Å². The van der Waals surface area contributed by atoms with Crippen LogP contribution in [0.2, 0.25) is 0 Å². The highest BCUT2D eigenvalue weighted by Crippen LogP contribution is 2.20. The number of rotatable bonds is 2. The van der Waals surface area contributed by atoms with Gasteiger partial charge >= 0.3 is 0 Å². The van der Waals surface area contributed by atoms with Crippen molar-refractivity contribution in [1.29, 1.82) is 0 Å². The van der Waals surface area contributed by atoms with E-state index in [4.69, 9.17) is 4.74 Å². The Kier molecular flexibility index (Phi) is 3.27. The lowest BCUT2D eigenvalue weighted by atomic mass is 9.93. The molecule has 1 aliphatic heterocycles. The van der Waals surface area contributed by atoms with Gasteiger partial charge in [-0.15, -0.1) is 0 Å². The van der Waals surface area contributed by atoms with Crippen LogP contribution in [-0.2, 0) is 9.53 Å². The Balaban J connectivity index is 2.38. The molecule has 3 nitrogen and oxygen atoms in total. The summed E-state index contributed by atoms with van der Waals surface area (Å²) in [5.41, 5.74) is 0. The highest BCUT2D eigenvalue weighted by molar-refractivity contribution is 5.33. The summed E-state index contributed by atoms with van der Waals surface area (Å²) in [6, 6.07) is 0.122. The van der Waals surface area contributed by atoms with E-state index in [2.05, 4.69) is 4.99 Å². The number of hydrogen-bond donors (Lipinski definition) is 0. The molecule has 1 heterocycles. The minimum atomic E-state index is 0.122. The van der Waals surface area contributed by atoms with E-state index in [9.17, 15) is 4.79 Å². The highest BCUT2D eigenvalue weighted by atomic mass is 16.5. The predicted octanol–water partition coefficient (Wildman–Crippen LogP) is 1.14. The topological polar surface area (TPSA) is 38.7 Å². The molecule has 62 valence electrons. The summed E-state index contributed by atoms with van der Waals surface area (Å²) in [7, 11) is 0. The van der Waals surface area contributed by atoms with Crippen molar-refractivity contribution < 1.29 is 9.53 Å². The number of isocyanates is 1. The normalized spacial score (nSPS) is 22.3. The molecule has 1 fully saturated rings. The molecule has 1 aliphatic rings. The second kappa shape index (κ2) is 4.27. The molecule has 0 aromatic rings. The zero-order valence-corrected chi connectivity index (χ0v) is 6.75. The van der Waals surface area contributed by atoms with Crippen LogP contribution in [-0.4, -0.2) is 25.3 Å². The van der Waals surface area contributed by atoms with Crippen LogP contribution in [0, 0.1) is 5.92 Å². The maximum absolute atomic E-state index is 9.94. The molecule has 3 heteroatoms. The largest absolute Gasteiger partial charge is 0.381 e. The predicted molar refractivity (Wildman–Crippen MR) is 41.1 cm³/mol. The summed E-state index contributed by atoms with van der Waals surface area (Å²) >= 11 is 0. The quantitative estimate of drug-likeness (QED) is 0.443. The van der Waals surface area contributed by atoms with Gasteiger partial charge in [0.25, 0.3) is 0 Å². The number of aliphatic imine (C=N–C) groups is 1. The van der Waals surface area contributed by atoms with Gasteiger partial charge in [0.1, 0.15) is 0 Å². The molecule has 1 unspecified atom stereocenters. The van der Waals surface area contributed by atoms with Crippen LogP contribution in [0.1, 0.15) is 19.8 Å². The average molecular weight is 155 g/mol. The molecule has 0 aromatic heterocycles. The van der Waals surface area contributed by atoms with Gasteiger partial charge in [-0.1, -0.05) is 0 Å². The van der Waals surface area contributed by atoms with Crippen LogP contribution in [0.4, 0.5) is 0 Å². The molecular weight excluding hydrogens is 142 g/mol. The van der Waals surface area contributed by atoms with Gasteiger partial charge in [0.15, 0.2) is 0 Å². The molecule has 0 radical (unpaired) electrons. The lowest BCUT2D eigenvalue weighted by molar-refractivity contribution is 0.0605. The second-order valence-electron chi connectivity index (χ2n) is 2.91. The monoisotopic (exact) mass is 155 g/mol. The number of hydrogen-bond acceptors (Lipinski definition) is 3. The van der Waals surface area contributed by atoms with Gasteiger partial charge < -0.3 is 4.74 Å². The maximum Gasteiger partial charge on any atom is 0.235 e. The Hall–Kier alpha value is -0.660. The fourth-order valence-corrected chi connectivity index (χ4v) is 1.39. The van der Waals surface area contributed by atoms with Crippen molar-refractivity contribution >= 4 is 6.08 Å². The second-order valence-corrected chi connectivity index (χ2v) is 2.91. The molecule has 11 heavy (non-hydrogen) atoms. The number of carbonyl (C=O) groups excluding carboxylic acids is 1. The molecule has 0 N–H and O–H groups in total. The Morgan fingerprint density at radius 2 is 2.18 bits per heavy atom. The first-order valence-electron chi connectivity index (χ1n) is 3.99. The van der Waals surface area contributed by atoms with Crippen LogP contribution in [0.15, 0.2) is 4.99 Å². The molecule has 0 aromatic carbocycles. The average Bonchev–Trinajstić information content (AvgIpc) is 2.07. The third-order valence-electron chi connectivity index (χ3n) is 2.20. The van der Waals surface area contributed by atoms with Gasteiger partial charge in [-0.05, 0) is 25.7 Å². The Labute approximate surface area is 66.5 Å². The Bertz CT molecular complexity index is 157. The minimum Gasteiger partial charge on any atom is -0.381 e. The van der Waals surface area contributed by atoms with Crippen molar-refractivity contribution in [2.24, 2.45) is 10.9 Å². The summed E-state index contributed by atoms with van der Waals surface area (Å²) in [5, 5.41) is 0. The van der Waals surface area contributed by atoms with Crippen molar-refractivity contribution in [3.8, 4) is 0 Å². The van der Waals surface area contributed by atoms with Crippen LogP contribution in [0.3, 0.4) is 0 Å². The van der Waals surface area contributed by atoms with E-state index < -0.39 is 0 Å². The van der Waals surface area contributed by atoms with Gasteiger partial charge in [0.2, 0.25) is 6.08 Å². The van der Waals surface area contributed by atoms with Gasteiger partial charge in [-0.3, -0.25) is 0 Å². The SMILES string of the molecule is CC(N=C=O)C1CCOCC1. The molecule has 1 atom stereocenters. The Morgan fingerprint density at radius 3 is 2.73 bits per heavy atom. The summed E-state index contributed by atoms with van der Waals surface area (Å²) in [4.78, 5) is 13.6. The molecule has 0 aliphatic carbocycles. The van der Waals surface area contributed by atoms with Crippen molar-refractivity contribution in [3.05, 3.63) is 0 Å². The first-order chi connectivity index (χ1) is 5.34. The third-order valence-corrected chi connectivity index (χ3v) is 2.20. The summed E-state index contributed by atoms with van der Waals surface area (Å²) in [6.07, 6.45) is 3.64. The third kappa shape index (κ3) is 2.45. The van der Waals surface area contributed by atoms with Crippen LogP contribution in [0.25, 0.3) is 0 Å². The van der Waals surface area contributed by atoms with E-state index >= 15 is 0 Å². The zero-order valence-electron chi connectivity index (χ0n) is 6.75. The van der Waals surface area contributed by atoms with E-state index in [0.29, 0.717) is 5.92 Å². The van der Waals surface area contributed by atoms with Gasteiger partial charge in [-0.2, -0.15) is 0 Å². The maximum atomic E-state index is 9.94. The summed E-state index contributed by atoms with van der Waals surface area (Å²) in [5.74, 6) is 0.519. The molecule has 0 amide bonds. The summed E-state index contributed by atoms with van der Waals surface area (Å²) < 4.78 is 5.19. The standard InChI is InChI=1S/C8H13NO2/c1-7(9-6-10)8-2-4-11-5-3-8/h7-8H,2-5H2,1H3. The van der Waals surface area contributed by atoms with E-state index in [0.717, 1.165) is 26.1 Å². The molecule has 1 saturated heterocycles. The first-order valence-corrected chi connectivity index (χ1v) is 3.99. The molecule has 1 rings (SSSR count). The van der Waals surface area contributed by atoms with Gasteiger partial charge in [-0.25, -0.2) is 9.79 Å². The van der Waals surface area contributed by atoms with Crippen molar-refractivity contribution in [2.75, 3.05) is 13.2 Å². The van der Waals surface area contributed by atoms with Crippen LogP contribution >= 0.6 is 0 Å². The molecule has 0 saturated carbocycles. The minimum absolute atomic E-state index is 0.122. The first kappa shape index (κ1) is 8.44. The smallest absolute Gasteiger partial charge is 0.235 e. The zero-order chi connectivity index (χ0) is 8.10. The van der Waals surface area contributed by atoms with E-state index in [-0.39, 0.29) is 6.04 Å². The van der Waals surface area contributed by atoms with Crippen LogP contribution < -0.4 is 0 Å². The molecular formula is C8H13NO2. The van der Waals surface area contributed by atoms with Crippen LogP contribution in [0.5, 0.6) is 0 Å². The van der Waals surface area contributed by atoms with Gasteiger partial charge in [0.05, 0.1) is 6.04 Å². The number of nitrogens with zero attached hydrogens (tertiary/aromatic N) is 1. The highest BCUT2D eigenvalue weighted by Gasteiger charge is 2.19. The van der Waals surface area contributed by atoms with Crippen molar-refractivity contribution in [3.63, 3.8) is 0 Å². The Morgan fingerprint density at radius 1 is 1.55 bits per heavy atom. The van der Waals surface area contributed by atoms with E-state index in [1.807, 2.05) is 6.92 Å². The summed E-state index contributed by atoms with van der Waals surface area (Å²) in [6.45, 7) is 3.58. The van der Waals surface area contributed by atoms with E-state index in [1.165, 1.54) is 0 Å². The molecule has 0 bridgehead atoms. The lowest BCUT2D eigenvalue weighted by Crippen LogP contribution is -2.23. The fourth-order valence-electron chi connectivity index (χ4n) is 1.39. The van der Waals surface area contributed by atoms with Crippen molar-refractivity contribution in [1.82, 2.24) is 0 Å². The fraction of sp³-hybridized carbons (Fsp3) is 0.875.